The van der Waals surface area contributed by atoms with Crippen LogP contribution in [0.4, 0.5) is 5.69 Å². The highest BCUT2D eigenvalue weighted by Gasteiger charge is 2.23. The average molecular weight is 263 g/mol. The Bertz CT molecular complexity index is 451. The van der Waals surface area contributed by atoms with Crippen LogP contribution in [0, 0.1) is 5.92 Å². The molecule has 2 N–H and O–H groups in total. The predicted octanol–water partition coefficient (Wildman–Crippen LogP) is 3.01. The Morgan fingerprint density at radius 2 is 1.95 bits per heavy atom. The standard InChI is InChI=1S/C15H21NO3/c1-10-6-8-11(9-7-10)19-15(17)12-4-3-5-13(18-2)14(12)16/h3-5,10-11H,6-9,16H2,1-2H3. The molecule has 0 heterocycles. The zero-order chi connectivity index (χ0) is 13.8. The van der Waals surface area contributed by atoms with Crippen molar-refractivity contribution in [1.82, 2.24) is 0 Å². The van der Waals surface area contributed by atoms with Crippen LogP contribution < -0.4 is 10.5 Å². The number of nitrogen functional groups attached to an aromatic ring is 1. The molecule has 19 heavy (non-hydrogen) atoms. The molecule has 2 rings (SSSR count). The molecule has 1 aliphatic carbocycles. The first kappa shape index (κ1) is 13.7. The minimum absolute atomic E-state index is 0.0225. The van der Waals surface area contributed by atoms with Crippen LogP contribution in [0.3, 0.4) is 0 Å². The van der Waals surface area contributed by atoms with E-state index in [1.807, 2.05) is 0 Å². The predicted molar refractivity (Wildman–Crippen MR) is 74.2 cm³/mol. The van der Waals surface area contributed by atoms with Crippen LogP contribution in [0.5, 0.6) is 5.75 Å². The van der Waals surface area contributed by atoms with Crippen LogP contribution in [-0.2, 0) is 4.74 Å². The third-order valence-electron chi connectivity index (χ3n) is 3.74. The molecule has 0 radical (unpaired) electrons. The number of nitrogens with two attached hydrogens (primary N) is 1. The van der Waals surface area contributed by atoms with Crippen molar-refractivity contribution in [2.75, 3.05) is 12.8 Å². The van der Waals surface area contributed by atoms with Crippen molar-refractivity contribution in [1.29, 1.82) is 0 Å². The topological polar surface area (TPSA) is 61.5 Å². The van der Waals surface area contributed by atoms with Crippen LogP contribution in [0.2, 0.25) is 0 Å². The summed E-state index contributed by atoms with van der Waals surface area (Å²) in [5.41, 5.74) is 6.63. The highest BCUT2D eigenvalue weighted by Crippen LogP contribution is 2.29. The van der Waals surface area contributed by atoms with Crippen LogP contribution in [0.25, 0.3) is 0 Å². The van der Waals surface area contributed by atoms with Crippen molar-refractivity contribution in [3.05, 3.63) is 23.8 Å². The molecule has 0 unspecified atom stereocenters. The lowest BCUT2D eigenvalue weighted by molar-refractivity contribution is 0.0175. The number of carbonyl (C=O) groups excluding carboxylic acids is 1. The van der Waals surface area contributed by atoms with Crippen molar-refractivity contribution in [3.63, 3.8) is 0 Å². The second kappa shape index (κ2) is 5.95. The molecule has 4 heteroatoms. The van der Waals surface area contributed by atoms with Crippen LogP contribution in [-0.4, -0.2) is 19.2 Å². The highest BCUT2D eigenvalue weighted by atomic mass is 16.5. The molecule has 1 aliphatic rings. The summed E-state index contributed by atoms with van der Waals surface area (Å²) in [6.07, 6.45) is 4.14. The lowest BCUT2D eigenvalue weighted by Gasteiger charge is -2.26. The fraction of sp³-hybridized carbons (Fsp3) is 0.533. The van der Waals surface area contributed by atoms with Crippen molar-refractivity contribution in [2.24, 2.45) is 5.92 Å². The summed E-state index contributed by atoms with van der Waals surface area (Å²) in [7, 11) is 1.53. The molecule has 0 aliphatic heterocycles. The van der Waals surface area contributed by atoms with Gasteiger partial charge in [0.2, 0.25) is 0 Å². The molecule has 0 spiro atoms. The van der Waals surface area contributed by atoms with Gasteiger partial charge in [-0.3, -0.25) is 0 Å². The van der Waals surface area contributed by atoms with Gasteiger partial charge in [-0.05, 0) is 43.7 Å². The van der Waals surface area contributed by atoms with Crippen LogP contribution >= 0.6 is 0 Å². The number of benzene rings is 1. The van der Waals surface area contributed by atoms with Crippen molar-refractivity contribution < 1.29 is 14.3 Å². The summed E-state index contributed by atoms with van der Waals surface area (Å²) in [5.74, 6) is 0.888. The molecule has 1 aromatic rings. The van der Waals surface area contributed by atoms with E-state index < -0.39 is 0 Å². The van der Waals surface area contributed by atoms with Gasteiger partial charge in [-0.2, -0.15) is 0 Å². The second-order valence-corrected chi connectivity index (χ2v) is 5.21. The van der Waals surface area contributed by atoms with Gasteiger partial charge in [0.15, 0.2) is 0 Å². The zero-order valence-corrected chi connectivity index (χ0v) is 11.5. The Labute approximate surface area is 113 Å². The molecule has 0 atom stereocenters. The third kappa shape index (κ3) is 3.19. The molecule has 0 bridgehead atoms. The summed E-state index contributed by atoms with van der Waals surface area (Å²) >= 11 is 0. The largest absolute Gasteiger partial charge is 0.495 e. The second-order valence-electron chi connectivity index (χ2n) is 5.21. The van der Waals surface area contributed by atoms with Gasteiger partial charge in [0.05, 0.1) is 18.4 Å². The van der Waals surface area contributed by atoms with Gasteiger partial charge in [-0.25, -0.2) is 4.79 Å². The Morgan fingerprint density at radius 3 is 2.58 bits per heavy atom. The number of anilines is 1. The number of methoxy groups -OCH3 is 1. The Hall–Kier alpha value is -1.71. The lowest BCUT2D eigenvalue weighted by Crippen LogP contribution is -2.24. The maximum Gasteiger partial charge on any atom is 0.340 e. The zero-order valence-electron chi connectivity index (χ0n) is 11.5. The summed E-state index contributed by atoms with van der Waals surface area (Å²) < 4.78 is 10.6. The summed E-state index contributed by atoms with van der Waals surface area (Å²) in [4.78, 5) is 12.1. The Morgan fingerprint density at radius 1 is 1.26 bits per heavy atom. The lowest BCUT2D eigenvalue weighted by atomic mass is 9.89. The molecular weight excluding hydrogens is 242 g/mol. The normalized spacial score (nSPS) is 22.8. The number of para-hydroxylation sites is 1. The van der Waals surface area contributed by atoms with E-state index in [2.05, 4.69) is 6.92 Å². The third-order valence-corrected chi connectivity index (χ3v) is 3.74. The Kier molecular flexibility index (Phi) is 4.30. The number of esters is 1. The number of carbonyl (C=O) groups is 1. The SMILES string of the molecule is COc1cccc(C(=O)OC2CCC(C)CC2)c1N. The molecule has 1 saturated carbocycles. The fourth-order valence-electron chi connectivity index (χ4n) is 2.46. The van der Waals surface area contributed by atoms with Gasteiger partial charge in [-0.1, -0.05) is 13.0 Å². The van der Waals surface area contributed by atoms with Gasteiger partial charge in [0, 0.05) is 0 Å². The van der Waals surface area contributed by atoms with E-state index >= 15 is 0 Å². The monoisotopic (exact) mass is 263 g/mol. The van der Waals surface area contributed by atoms with E-state index in [0.29, 0.717) is 17.0 Å². The van der Waals surface area contributed by atoms with E-state index in [0.717, 1.165) is 31.6 Å². The van der Waals surface area contributed by atoms with Crippen molar-refractivity contribution >= 4 is 11.7 Å². The van der Waals surface area contributed by atoms with Crippen LogP contribution in [0.1, 0.15) is 43.0 Å². The number of hydrogen-bond donors (Lipinski definition) is 1. The van der Waals surface area contributed by atoms with E-state index in [-0.39, 0.29) is 12.1 Å². The average Bonchev–Trinajstić information content (AvgIpc) is 2.41. The number of hydrogen-bond acceptors (Lipinski definition) is 4. The molecule has 0 aromatic heterocycles. The van der Waals surface area contributed by atoms with E-state index in [1.165, 1.54) is 7.11 Å². The first-order valence-electron chi connectivity index (χ1n) is 6.75. The maximum absolute atomic E-state index is 12.1. The van der Waals surface area contributed by atoms with E-state index in [1.54, 1.807) is 18.2 Å². The molecule has 0 amide bonds. The summed E-state index contributed by atoms with van der Waals surface area (Å²) in [6.45, 7) is 2.23. The minimum Gasteiger partial charge on any atom is -0.495 e. The van der Waals surface area contributed by atoms with Gasteiger partial charge >= 0.3 is 5.97 Å². The summed E-state index contributed by atoms with van der Waals surface area (Å²) in [5, 5.41) is 0. The van der Waals surface area contributed by atoms with E-state index in [4.69, 9.17) is 15.2 Å². The van der Waals surface area contributed by atoms with E-state index in [9.17, 15) is 4.79 Å². The molecule has 1 aromatic carbocycles. The smallest absolute Gasteiger partial charge is 0.340 e. The first-order chi connectivity index (χ1) is 9.11. The molecule has 0 saturated heterocycles. The number of rotatable bonds is 3. The summed E-state index contributed by atoms with van der Waals surface area (Å²) in [6, 6.07) is 5.15. The van der Waals surface area contributed by atoms with Crippen LogP contribution in [0.15, 0.2) is 18.2 Å². The van der Waals surface area contributed by atoms with Crippen molar-refractivity contribution in [2.45, 2.75) is 38.7 Å². The first-order valence-corrected chi connectivity index (χ1v) is 6.75. The highest BCUT2D eigenvalue weighted by molar-refractivity contribution is 5.96. The van der Waals surface area contributed by atoms with Gasteiger partial charge < -0.3 is 15.2 Å². The van der Waals surface area contributed by atoms with Gasteiger partial charge in [-0.15, -0.1) is 0 Å². The number of ether oxygens (including phenoxy) is 2. The molecule has 104 valence electrons. The van der Waals surface area contributed by atoms with Gasteiger partial charge in [0.25, 0.3) is 0 Å². The Balaban J connectivity index is 2.04. The molecule has 1 fully saturated rings. The maximum atomic E-state index is 12.1. The quantitative estimate of drug-likeness (QED) is 0.672. The minimum atomic E-state index is -0.351. The van der Waals surface area contributed by atoms with Gasteiger partial charge in [0.1, 0.15) is 11.9 Å². The molecular formula is C15H21NO3. The van der Waals surface area contributed by atoms with Crippen molar-refractivity contribution in [3.8, 4) is 5.75 Å². The fourth-order valence-corrected chi connectivity index (χ4v) is 2.46. The molecule has 4 nitrogen and oxygen atoms in total.